The second-order valence-electron chi connectivity index (χ2n) is 6.39. The molecule has 136 valence electrons. The molecule has 0 atom stereocenters. The molecule has 7 nitrogen and oxygen atoms in total. The fourth-order valence-corrected chi connectivity index (χ4v) is 2.54. The summed E-state index contributed by atoms with van der Waals surface area (Å²) in [7, 11) is 1.52. The molecular weight excluding hydrogens is 341 g/mol. The average Bonchev–Trinajstić information content (AvgIpc) is 2.79. The van der Waals surface area contributed by atoms with Crippen LogP contribution in [0.15, 0.2) is 30.3 Å². The van der Waals surface area contributed by atoms with E-state index < -0.39 is 23.3 Å². The number of aryl methyl sites for hydroxylation is 1. The Labute approximate surface area is 149 Å². The van der Waals surface area contributed by atoms with Gasteiger partial charge in [-0.1, -0.05) is 6.07 Å². The molecule has 2 heterocycles. The first-order valence-corrected chi connectivity index (χ1v) is 7.88. The van der Waals surface area contributed by atoms with Gasteiger partial charge in [0.15, 0.2) is 5.82 Å². The van der Waals surface area contributed by atoms with E-state index in [0.717, 1.165) is 16.5 Å². The first-order chi connectivity index (χ1) is 12.2. The Morgan fingerprint density at radius 1 is 1.19 bits per heavy atom. The van der Waals surface area contributed by atoms with Crippen LogP contribution in [-0.2, 0) is 4.79 Å². The van der Waals surface area contributed by atoms with Crippen molar-refractivity contribution >= 4 is 17.8 Å². The normalized spacial score (nSPS) is 15.8. The minimum Gasteiger partial charge on any atom is -0.496 e. The summed E-state index contributed by atoms with van der Waals surface area (Å²) in [5.74, 6) is -0.681. The van der Waals surface area contributed by atoms with Crippen LogP contribution in [0.5, 0.6) is 17.4 Å². The zero-order valence-electron chi connectivity index (χ0n) is 14.8. The zero-order chi connectivity index (χ0) is 19.1. The summed E-state index contributed by atoms with van der Waals surface area (Å²) in [6.07, 6.45) is 0. The number of amides is 3. The molecule has 1 N–H and O–H groups in total. The van der Waals surface area contributed by atoms with Gasteiger partial charge < -0.3 is 14.8 Å². The van der Waals surface area contributed by atoms with Crippen molar-refractivity contribution in [1.29, 1.82) is 0 Å². The molecular formula is C18H18FN3O4. The summed E-state index contributed by atoms with van der Waals surface area (Å²) < 4.78 is 24.8. The molecule has 0 bridgehead atoms. The molecule has 8 heteroatoms. The highest BCUT2D eigenvalue weighted by Gasteiger charge is 2.45. The highest BCUT2D eigenvalue weighted by atomic mass is 19.1. The van der Waals surface area contributed by atoms with Crippen molar-refractivity contribution in [3.63, 3.8) is 0 Å². The number of hydrogen-bond donors (Lipinski definition) is 1. The minimum absolute atomic E-state index is 0.0199. The molecule has 0 spiro atoms. The molecule has 0 aliphatic carbocycles. The van der Waals surface area contributed by atoms with Gasteiger partial charge >= 0.3 is 6.03 Å². The monoisotopic (exact) mass is 359 g/mol. The summed E-state index contributed by atoms with van der Waals surface area (Å²) in [4.78, 5) is 29.3. The zero-order valence-corrected chi connectivity index (χ0v) is 14.8. The largest absolute Gasteiger partial charge is 0.496 e. The Morgan fingerprint density at radius 3 is 2.54 bits per heavy atom. The Balaban J connectivity index is 1.94. The number of benzene rings is 1. The number of ether oxygens (including phenoxy) is 2. The molecule has 2 aromatic rings. The van der Waals surface area contributed by atoms with Gasteiger partial charge in [0.2, 0.25) is 0 Å². The van der Waals surface area contributed by atoms with Crippen molar-refractivity contribution < 1.29 is 23.5 Å². The maximum atomic E-state index is 14.1. The summed E-state index contributed by atoms with van der Waals surface area (Å²) in [5.41, 5.74) is -0.165. The van der Waals surface area contributed by atoms with Crippen LogP contribution in [0.1, 0.15) is 19.4 Å². The van der Waals surface area contributed by atoms with Gasteiger partial charge in [-0.3, -0.25) is 4.79 Å². The van der Waals surface area contributed by atoms with Crippen LogP contribution in [0.2, 0.25) is 0 Å². The molecule has 3 amide bonds. The highest BCUT2D eigenvalue weighted by Crippen LogP contribution is 2.31. The number of urea groups is 1. The number of nitrogens with one attached hydrogen (secondary N) is 1. The highest BCUT2D eigenvalue weighted by molar-refractivity contribution is 6.22. The van der Waals surface area contributed by atoms with Crippen molar-refractivity contribution in [1.82, 2.24) is 10.3 Å². The summed E-state index contributed by atoms with van der Waals surface area (Å²) in [6.45, 7) is 5.01. The van der Waals surface area contributed by atoms with Crippen LogP contribution in [0.3, 0.4) is 0 Å². The van der Waals surface area contributed by atoms with Gasteiger partial charge in [0.05, 0.1) is 7.11 Å². The molecule has 26 heavy (non-hydrogen) atoms. The van der Waals surface area contributed by atoms with Crippen molar-refractivity contribution in [3.05, 3.63) is 41.7 Å². The van der Waals surface area contributed by atoms with Gasteiger partial charge in [0.1, 0.15) is 22.9 Å². The Kier molecular flexibility index (Phi) is 4.27. The van der Waals surface area contributed by atoms with E-state index in [1.807, 2.05) is 6.92 Å². The predicted molar refractivity (Wildman–Crippen MR) is 92.1 cm³/mol. The SMILES string of the molecule is COc1cc(Oc2nc(N3C(=O)NC(C)(C)C3=O)ccc2F)ccc1C. The van der Waals surface area contributed by atoms with Crippen molar-refractivity contribution in [2.45, 2.75) is 26.3 Å². The van der Waals surface area contributed by atoms with Gasteiger partial charge in [-0.25, -0.2) is 14.1 Å². The van der Waals surface area contributed by atoms with Crippen LogP contribution in [-0.4, -0.2) is 29.6 Å². The topological polar surface area (TPSA) is 80.8 Å². The van der Waals surface area contributed by atoms with Crippen molar-refractivity contribution in [2.24, 2.45) is 0 Å². The van der Waals surface area contributed by atoms with Gasteiger partial charge in [0.25, 0.3) is 11.8 Å². The standard InChI is InChI=1S/C18H18FN3O4/c1-10-5-6-11(9-13(10)25-4)26-15-12(19)7-8-14(20-15)22-16(23)18(2,3)21-17(22)24/h5-9H,1-4H3,(H,21,24). The molecule has 1 aromatic heterocycles. The second kappa shape index (κ2) is 6.29. The molecule has 0 radical (unpaired) electrons. The molecule has 1 aromatic carbocycles. The van der Waals surface area contributed by atoms with Gasteiger partial charge in [-0.15, -0.1) is 0 Å². The maximum absolute atomic E-state index is 14.1. The van der Waals surface area contributed by atoms with E-state index in [1.54, 1.807) is 32.0 Å². The number of methoxy groups -OCH3 is 1. The van der Waals surface area contributed by atoms with E-state index in [-0.39, 0.29) is 11.7 Å². The number of aromatic nitrogens is 1. The number of carbonyl (C=O) groups is 2. The van der Waals surface area contributed by atoms with Crippen molar-refractivity contribution in [3.8, 4) is 17.4 Å². The van der Waals surface area contributed by atoms with E-state index in [2.05, 4.69) is 10.3 Å². The third-order valence-corrected chi connectivity index (χ3v) is 3.98. The molecule has 1 saturated heterocycles. The molecule has 1 aliphatic heterocycles. The van der Waals surface area contributed by atoms with Crippen LogP contribution in [0.25, 0.3) is 0 Å². The van der Waals surface area contributed by atoms with Crippen molar-refractivity contribution in [2.75, 3.05) is 12.0 Å². The Morgan fingerprint density at radius 2 is 1.92 bits per heavy atom. The lowest BCUT2D eigenvalue weighted by molar-refractivity contribution is -0.121. The molecule has 0 saturated carbocycles. The number of carbonyl (C=O) groups excluding carboxylic acids is 2. The van der Waals surface area contributed by atoms with E-state index in [1.165, 1.54) is 13.2 Å². The lowest BCUT2D eigenvalue weighted by Crippen LogP contribution is -2.40. The lowest BCUT2D eigenvalue weighted by atomic mass is 10.1. The van der Waals surface area contributed by atoms with E-state index >= 15 is 0 Å². The third kappa shape index (κ3) is 3.05. The number of hydrogen-bond acceptors (Lipinski definition) is 5. The van der Waals surface area contributed by atoms with E-state index in [0.29, 0.717) is 11.5 Å². The Hall–Kier alpha value is -3.16. The van der Waals surface area contributed by atoms with Gasteiger partial charge in [-0.05, 0) is 44.5 Å². The average molecular weight is 359 g/mol. The molecule has 1 aliphatic rings. The maximum Gasteiger partial charge on any atom is 0.330 e. The number of imide groups is 1. The summed E-state index contributed by atoms with van der Waals surface area (Å²) in [6, 6.07) is 6.71. The predicted octanol–water partition coefficient (Wildman–Crippen LogP) is 3.16. The molecule has 0 unspecified atom stereocenters. The van der Waals surface area contributed by atoms with Gasteiger partial charge in [-0.2, -0.15) is 4.98 Å². The molecule has 1 fully saturated rings. The number of rotatable bonds is 4. The number of anilines is 1. The Bertz CT molecular complexity index is 898. The smallest absolute Gasteiger partial charge is 0.330 e. The lowest BCUT2D eigenvalue weighted by Gasteiger charge is -2.16. The summed E-state index contributed by atoms with van der Waals surface area (Å²) in [5, 5.41) is 2.54. The molecule has 3 rings (SSSR count). The second-order valence-corrected chi connectivity index (χ2v) is 6.39. The van der Waals surface area contributed by atoms with Gasteiger partial charge in [0, 0.05) is 6.07 Å². The quantitative estimate of drug-likeness (QED) is 0.848. The number of nitrogens with zero attached hydrogens (tertiary/aromatic N) is 2. The first-order valence-electron chi connectivity index (χ1n) is 7.88. The third-order valence-electron chi connectivity index (χ3n) is 3.98. The number of pyridine rings is 1. The minimum atomic E-state index is -1.06. The fraction of sp³-hybridized carbons (Fsp3) is 0.278. The van der Waals surface area contributed by atoms with Crippen LogP contribution < -0.4 is 19.7 Å². The van der Waals surface area contributed by atoms with Crippen LogP contribution in [0.4, 0.5) is 15.0 Å². The van der Waals surface area contributed by atoms with Crippen LogP contribution >= 0.6 is 0 Å². The number of halogens is 1. The fourth-order valence-electron chi connectivity index (χ4n) is 2.54. The first kappa shape index (κ1) is 17.7. The van der Waals surface area contributed by atoms with Crippen LogP contribution in [0, 0.1) is 12.7 Å². The summed E-state index contributed by atoms with van der Waals surface area (Å²) >= 11 is 0. The van der Waals surface area contributed by atoms with E-state index in [9.17, 15) is 14.0 Å². The van der Waals surface area contributed by atoms with E-state index in [4.69, 9.17) is 9.47 Å².